The maximum absolute atomic E-state index is 13.9. The van der Waals surface area contributed by atoms with Gasteiger partial charge in [0.15, 0.2) is 0 Å². The maximum atomic E-state index is 13.9. The Bertz CT molecular complexity index is 669. The number of benzene rings is 1. The largest absolute Gasteiger partial charge is 0.390 e. The molecular weight excluding hydrogens is 293 g/mol. The molecular formula is C18H22FN3O. The Hall–Kier alpha value is -2.01. The first-order valence-electron chi connectivity index (χ1n) is 8.16. The molecule has 1 aliphatic carbocycles. The van der Waals surface area contributed by atoms with Gasteiger partial charge in [0.25, 0.3) is 0 Å². The molecule has 1 heterocycles. The molecule has 2 N–H and O–H groups in total. The first kappa shape index (κ1) is 15.9. The molecule has 4 nitrogen and oxygen atoms in total. The Morgan fingerprint density at radius 3 is 2.70 bits per heavy atom. The smallest absolute Gasteiger partial charge is 0.223 e. The molecule has 0 aliphatic heterocycles. The molecule has 1 aromatic carbocycles. The van der Waals surface area contributed by atoms with Crippen LogP contribution in [0.1, 0.15) is 39.0 Å². The van der Waals surface area contributed by atoms with E-state index in [0.29, 0.717) is 17.2 Å². The van der Waals surface area contributed by atoms with Gasteiger partial charge in [0.05, 0.1) is 11.3 Å². The topological polar surface area (TPSA) is 58.0 Å². The fourth-order valence-electron chi connectivity index (χ4n) is 3.08. The summed E-state index contributed by atoms with van der Waals surface area (Å²) in [6.45, 7) is 2.02. The molecule has 0 radical (unpaired) electrons. The average molecular weight is 315 g/mol. The minimum Gasteiger partial charge on any atom is -0.390 e. The Kier molecular flexibility index (Phi) is 4.57. The van der Waals surface area contributed by atoms with Gasteiger partial charge in [0.1, 0.15) is 5.82 Å². The highest BCUT2D eigenvalue weighted by Crippen LogP contribution is 2.32. The molecule has 0 spiro atoms. The number of hydrogen-bond donors (Lipinski definition) is 2. The van der Waals surface area contributed by atoms with Crippen molar-refractivity contribution >= 4 is 5.95 Å². The second-order valence-corrected chi connectivity index (χ2v) is 6.24. The first-order valence-corrected chi connectivity index (χ1v) is 8.16. The van der Waals surface area contributed by atoms with E-state index in [1.165, 1.54) is 6.07 Å². The van der Waals surface area contributed by atoms with Gasteiger partial charge in [0, 0.05) is 17.8 Å². The summed E-state index contributed by atoms with van der Waals surface area (Å²) in [5.74, 6) is 0.223. The highest BCUT2D eigenvalue weighted by molar-refractivity contribution is 5.60. The van der Waals surface area contributed by atoms with E-state index in [0.717, 1.165) is 32.1 Å². The number of nitrogens with one attached hydrogen (secondary N) is 1. The Morgan fingerprint density at radius 1 is 1.26 bits per heavy atom. The van der Waals surface area contributed by atoms with E-state index in [2.05, 4.69) is 15.3 Å². The van der Waals surface area contributed by atoms with Gasteiger partial charge in [0.2, 0.25) is 5.95 Å². The van der Waals surface area contributed by atoms with Gasteiger partial charge >= 0.3 is 0 Å². The van der Waals surface area contributed by atoms with Crippen LogP contribution >= 0.6 is 0 Å². The monoisotopic (exact) mass is 315 g/mol. The standard InChI is InChI=1S/C18H22FN3O/c1-2-18(23)10-7-13(8-11-18)21-17-20-12-9-16(22-17)14-5-3-4-6-15(14)19/h3-6,9,12-13,23H,2,7-8,10-11H2,1H3,(H,20,21,22). The summed E-state index contributed by atoms with van der Waals surface area (Å²) in [4.78, 5) is 8.67. The van der Waals surface area contributed by atoms with Crippen molar-refractivity contribution < 1.29 is 9.50 Å². The van der Waals surface area contributed by atoms with Crippen LogP contribution < -0.4 is 5.32 Å². The van der Waals surface area contributed by atoms with Crippen LogP contribution in [0.25, 0.3) is 11.3 Å². The lowest BCUT2D eigenvalue weighted by atomic mass is 9.80. The lowest BCUT2D eigenvalue weighted by molar-refractivity contribution is -0.00198. The summed E-state index contributed by atoms with van der Waals surface area (Å²) in [5.41, 5.74) is 0.525. The summed E-state index contributed by atoms with van der Waals surface area (Å²) in [5, 5.41) is 13.6. The van der Waals surface area contributed by atoms with Gasteiger partial charge < -0.3 is 10.4 Å². The van der Waals surface area contributed by atoms with Crippen LogP contribution in [-0.2, 0) is 0 Å². The first-order chi connectivity index (χ1) is 11.1. The molecule has 1 saturated carbocycles. The zero-order valence-electron chi connectivity index (χ0n) is 13.3. The van der Waals surface area contributed by atoms with Gasteiger partial charge in [-0.15, -0.1) is 0 Å². The normalized spacial score (nSPS) is 24.4. The lowest BCUT2D eigenvalue weighted by Crippen LogP contribution is -2.38. The molecule has 2 aromatic rings. The third-order valence-electron chi connectivity index (χ3n) is 4.71. The lowest BCUT2D eigenvalue weighted by Gasteiger charge is -2.35. The van der Waals surface area contributed by atoms with Crippen LogP contribution in [0.5, 0.6) is 0 Å². The van der Waals surface area contributed by atoms with E-state index in [4.69, 9.17) is 0 Å². The SMILES string of the molecule is CCC1(O)CCC(Nc2nccc(-c3ccccc3F)n2)CC1. The minimum atomic E-state index is -0.520. The summed E-state index contributed by atoms with van der Waals surface area (Å²) < 4.78 is 13.9. The summed E-state index contributed by atoms with van der Waals surface area (Å²) >= 11 is 0. The fraction of sp³-hybridized carbons (Fsp3) is 0.444. The van der Waals surface area contributed by atoms with Gasteiger partial charge in [-0.1, -0.05) is 19.1 Å². The Morgan fingerprint density at radius 2 is 2.00 bits per heavy atom. The highest BCUT2D eigenvalue weighted by Gasteiger charge is 2.31. The van der Waals surface area contributed by atoms with Gasteiger partial charge in [-0.2, -0.15) is 0 Å². The van der Waals surface area contributed by atoms with E-state index >= 15 is 0 Å². The van der Waals surface area contributed by atoms with E-state index in [-0.39, 0.29) is 11.9 Å². The highest BCUT2D eigenvalue weighted by atomic mass is 19.1. The number of anilines is 1. The molecule has 0 atom stereocenters. The van der Waals surface area contributed by atoms with E-state index in [1.54, 1.807) is 30.5 Å². The molecule has 5 heteroatoms. The predicted octanol–water partition coefficient (Wildman–Crippen LogP) is 3.78. The molecule has 1 aliphatic rings. The summed E-state index contributed by atoms with van der Waals surface area (Å²) in [6.07, 6.45) is 5.78. The molecule has 0 amide bonds. The Balaban J connectivity index is 1.71. The zero-order valence-corrected chi connectivity index (χ0v) is 13.3. The van der Waals surface area contributed by atoms with Crippen molar-refractivity contribution in [3.63, 3.8) is 0 Å². The maximum Gasteiger partial charge on any atom is 0.223 e. The second-order valence-electron chi connectivity index (χ2n) is 6.24. The van der Waals surface area contributed by atoms with Crippen LogP contribution in [-0.4, -0.2) is 26.7 Å². The van der Waals surface area contributed by atoms with Crippen LogP contribution in [0.3, 0.4) is 0 Å². The summed E-state index contributed by atoms with van der Waals surface area (Å²) in [7, 11) is 0. The van der Waals surface area contributed by atoms with E-state index < -0.39 is 5.60 Å². The van der Waals surface area contributed by atoms with Crippen molar-refractivity contribution in [2.75, 3.05) is 5.32 Å². The molecule has 1 aromatic heterocycles. The zero-order chi connectivity index (χ0) is 16.3. The fourth-order valence-corrected chi connectivity index (χ4v) is 3.08. The van der Waals surface area contributed by atoms with Gasteiger partial charge in [-0.05, 0) is 50.3 Å². The molecule has 3 rings (SSSR count). The number of nitrogens with zero attached hydrogens (tertiary/aromatic N) is 2. The van der Waals surface area contributed by atoms with E-state index in [9.17, 15) is 9.50 Å². The predicted molar refractivity (Wildman–Crippen MR) is 88.5 cm³/mol. The van der Waals surface area contributed by atoms with Crippen LogP contribution in [0.4, 0.5) is 10.3 Å². The van der Waals surface area contributed by atoms with Crippen molar-refractivity contribution in [3.8, 4) is 11.3 Å². The van der Waals surface area contributed by atoms with Crippen molar-refractivity contribution in [2.24, 2.45) is 0 Å². The second kappa shape index (κ2) is 6.62. The third kappa shape index (κ3) is 3.67. The molecule has 0 saturated heterocycles. The van der Waals surface area contributed by atoms with Crippen molar-refractivity contribution in [3.05, 3.63) is 42.3 Å². The van der Waals surface area contributed by atoms with Crippen molar-refractivity contribution in [1.82, 2.24) is 9.97 Å². The molecule has 0 unspecified atom stereocenters. The molecule has 0 bridgehead atoms. The number of halogens is 1. The molecule has 1 fully saturated rings. The van der Waals surface area contributed by atoms with Crippen LogP contribution in [0.15, 0.2) is 36.5 Å². The molecule has 23 heavy (non-hydrogen) atoms. The average Bonchev–Trinajstić information content (AvgIpc) is 2.58. The minimum absolute atomic E-state index is 0.248. The van der Waals surface area contributed by atoms with Crippen LogP contribution in [0, 0.1) is 5.82 Å². The summed E-state index contributed by atoms with van der Waals surface area (Å²) in [6, 6.07) is 8.55. The molecule has 122 valence electrons. The van der Waals surface area contributed by atoms with Crippen molar-refractivity contribution in [2.45, 2.75) is 50.7 Å². The quantitative estimate of drug-likeness (QED) is 0.901. The number of aromatic nitrogens is 2. The van der Waals surface area contributed by atoms with Gasteiger partial charge in [-0.3, -0.25) is 0 Å². The Labute approximate surface area is 135 Å². The number of hydrogen-bond acceptors (Lipinski definition) is 4. The van der Waals surface area contributed by atoms with Gasteiger partial charge in [-0.25, -0.2) is 14.4 Å². The van der Waals surface area contributed by atoms with Crippen LogP contribution in [0.2, 0.25) is 0 Å². The van der Waals surface area contributed by atoms with E-state index in [1.807, 2.05) is 6.92 Å². The van der Waals surface area contributed by atoms with Crippen molar-refractivity contribution in [1.29, 1.82) is 0 Å². The number of aliphatic hydroxyl groups is 1. The number of rotatable bonds is 4. The third-order valence-corrected chi connectivity index (χ3v) is 4.71.